The Morgan fingerprint density at radius 2 is 1.81 bits per heavy atom. The molecule has 0 saturated heterocycles. The van der Waals surface area contributed by atoms with Crippen LogP contribution in [0.15, 0.2) is 54.6 Å². The Hall–Kier alpha value is -2.52. The summed E-state index contributed by atoms with van der Waals surface area (Å²) in [6.07, 6.45) is 0. The molecule has 0 bridgehead atoms. The second-order valence-corrected chi connectivity index (χ2v) is 8.46. The van der Waals surface area contributed by atoms with E-state index in [1.807, 2.05) is 44.2 Å². The summed E-state index contributed by atoms with van der Waals surface area (Å²) in [6, 6.07) is 16.1. The molecule has 162 valence electrons. The minimum absolute atomic E-state index is 0.0557. The quantitative estimate of drug-likeness (QED) is 0.181. The van der Waals surface area contributed by atoms with Crippen LogP contribution in [0.25, 0.3) is 0 Å². The van der Waals surface area contributed by atoms with Crippen molar-refractivity contribution in [3.63, 3.8) is 0 Å². The Morgan fingerprint density at radius 1 is 1.06 bits per heavy atom. The molecule has 0 aliphatic rings. The number of nitrogens with one attached hydrogen (secondary N) is 1. The van der Waals surface area contributed by atoms with E-state index in [2.05, 4.69) is 27.9 Å². The van der Waals surface area contributed by atoms with Gasteiger partial charge in [0, 0.05) is 29.4 Å². The van der Waals surface area contributed by atoms with Crippen molar-refractivity contribution in [2.75, 3.05) is 11.9 Å². The first kappa shape index (κ1) is 23.1. The summed E-state index contributed by atoms with van der Waals surface area (Å²) in [7, 11) is 0. The van der Waals surface area contributed by atoms with E-state index in [-0.39, 0.29) is 12.3 Å². The van der Waals surface area contributed by atoms with E-state index in [1.165, 1.54) is 12.1 Å². The number of rotatable bonds is 9. The van der Waals surface area contributed by atoms with Gasteiger partial charge in [-0.05, 0) is 89.5 Å². The maximum absolute atomic E-state index is 10.8. The van der Waals surface area contributed by atoms with Gasteiger partial charge in [0.05, 0.1) is 15.1 Å². The average Bonchev–Trinajstić information content (AvgIpc) is 2.74. The molecule has 6 nitrogen and oxygen atoms in total. The van der Waals surface area contributed by atoms with Gasteiger partial charge < -0.3 is 14.8 Å². The third kappa shape index (κ3) is 6.24. The summed E-state index contributed by atoms with van der Waals surface area (Å²) >= 11 is 8.34. The summed E-state index contributed by atoms with van der Waals surface area (Å²) in [5, 5.41) is 14.9. The summed E-state index contributed by atoms with van der Waals surface area (Å²) in [4.78, 5) is 10.4. The van der Waals surface area contributed by atoms with Crippen LogP contribution in [-0.2, 0) is 13.2 Å². The SMILES string of the molecule is CCOc1cc(CNc2cc(Cl)ccc2C)cc(I)c1OCc1ccc([N+](=O)[O-])cc1. The second kappa shape index (κ2) is 10.7. The molecule has 0 atom stereocenters. The molecule has 1 N–H and O–H groups in total. The molecule has 0 aliphatic carbocycles. The highest BCUT2D eigenvalue weighted by Crippen LogP contribution is 2.35. The Labute approximate surface area is 199 Å². The molecule has 0 amide bonds. The number of nitro benzene ring substituents is 1. The molecule has 0 aromatic heterocycles. The molecule has 0 fully saturated rings. The van der Waals surface area contributed by atoms with Gasteiger partial charge in [-0.15, -0.1) is 0 Å². The Balaban J connectivity index is 1.74. The van der Waals surface area contributed by atoms with E-state index in [9.17, 15) is 10.1 Å². The van der Waals surface area contributed by atoms with E-state index < -0.39 is 4.92 Å². The molecule has 8 heteroatoms. The zero-order chi connectivity index (χ0) is 22.4. The highest BCUT2D eigenvalue weighted by atomic mass is 127. The molecule has 0 radical (unpaired) electrons. The molecule has 0 heterocycles. The van der Waals surface area contributed by atoms with E-state index in [4.69, 9.17) is 21.1 Å². The predicted octanol–water partition coefficient (Wildman–Crippen LogP) is 6.75. The number of nitro groups is 1. The highest BCUT2D eigenvalue weighted by Gasteiger charge is 2.13. The lowest BCUT2D eigenvalue weighted by molar-refractivity contribution is -0.384. The first-order chi connectivity index (χ1) is 14.9. The van der Waals surface area contributed by atoms with Crippen molar-refractivity contribution < 1.29 is 14.4 Å². The molecule has 0 aliphatic heterocycles. The first-order valence-corrected chi connectivity index (χ1v) is 11.1. The van der Waals surface area contributed by atoms with Crippen molar-refractivity contribution in [2.45, 2.75) is 27.0 Å². The van der Waals surface area contributed by atoms with Crippen LogP contribution in [0, 0.1) is 20.6 Å². The normalized spacial score (nSPS) is 10.6. The fourth-order valence-corrected chi connectivity index (χ4v) is 3.97. The zero-order valence-corrected chi connectivity index (χ0v) is 20.1. The lowest BCUT2D eigenvalue weighted by Crippen LogP contribution is -2.05. The minimum atomic E-state index is -0.418. The third-order valence-electron chi connectivity index (χ3n) is 4.58. The molecular formula is C23H22ClIN2O4. The van der Waals surface area contributed by atoms with E-state index in [1.54, 1.807) is 12.1 Å². The molecule has 0 spiro atoms. The van der Waals surface area contributed by atoms with Gasteiger partial charge in [0.1, 0.15) is 6.61 Å². The lowest BCUT2D eigenvalue weighted by Gasteiger charge is -2.16. The molecule has 31 heavy (non-hydrogen) atoms. The zero-order valence-electron chi connectivity index (χ0n) is 17.2. The van der Waals surface area contributed by atoms with E-state index in [0.717, 1.165) is 25.9 Å². The van der Waals surface area contributed by atoms with Gasteiger partial charge in [0.15, 0.2) is 11.5 Å². The van der Waals surface area contributed by atoms with Crippen LogP contribution in [0.1, 0.15) is 23.6 Å². The van der Waals surface area contributed by atoms with Crippen molar-refractivity contribution in [1.29, 1.82) is 0 Å². The van der Waals surface area contributed by atoms with Gasteiger partial charge in [-0.25, -0.2) is 0 Å². The monoisotopic (exact) mass is 552 g/mol. The number of aryl methyl sites for hydroxylation is 1. The molecule has 0 saturated carbocycles. The van der Waals surface area contributed by atoms with E-state index >= 15 is 0 Å². The number of anilines is 1. The summed E-state index contributed by atoms with van der Waals surface area (Å²) in [5.41, 5.74) is 4.05. The third-order valence-corrected chi connectivity index (χ3v) is 5.62. The lowest BCUT2D eigenvalue weighted by atomic mass is 10.1. The molecule has 3 aromatic rings. The standard InChI is InChI=1S/C23H22ClIN2O4/c1-3-30-22-11-17(13-26-21-12-18(24)7-4-15(21)2)10-20(25)23(22)31-14-16-5-8-19(9-6-16)27(28)29/h4-12,26H,3,13-14H2,1-2H3. The average molecular weight is 553 g/mol. The summed E-state index contributed by atoms with van der Waals surface area (Å²) in [6.45, 7) is 5.36. The summed E-state index contributed by atoms with van der Waals surface area (Å²) < 4.78 is 12.8. The number of halogens is 2. The van der Waals surface area contributed by atoms with Crippen LogP contribution in [0.4, 0.5) is 11.4 Å². The van der Waals surface area contributed by atoms with Crippen LogP contribution in [-0.4, -0.2) is 11.5 Å². The number of hydrogen-bond acceptors (Lipinski definition) is 5. The van der Waals surface area contributed by atoms with Gasteiger partial charge in [-0.2, -0.15) is 0 Å². The fraction of sp³-hybridized carbons (Fsp3) is 0.217. The largest absolute Gasteiger partial charge is 0.490 e. The van der Waals surface area contributed by atoms with Gasteiger partial charge in [-0.1, -0.05) is 17.7 Å². The smallest absolute Gasteiger partial charge is 0.269 e. The molecule has 0 unspecified atom stereocenters. The van der Waals surface area contributed by atoms with Crippen molar-refractivity contribution in [2.24, 2.45) is 0 Å². The van der Waals surface area contributed by atoms with Gasteiger partial charge >= 0.3 is 0 Å². The van der Waals surface area contributed by atoms with Crippen LogP contribution in [0.5, 0.6) is 11.5 Å². The van der Waals surface area contributed by atoms with Crippen LogP contribution in [0.3, 0.4) is 0 Å². The first-order valence-electron chi connectivity index (χ1n) is 9.68. The van der Waals surface area contributed by atoms with Crippen LogP contribution in [0.2, 0.25) is 5.02 Å². The maximum atomic E-state index is 10.8. The number of nitrogens with zero attached hydrogens (tertiary/aromatic N) is 1. The molecular weight excluding hydrogens is 531 g/mol. The Kier molecular flexibility index (Phi) is 7.97. The van der Waals surface area contributed by atoms with Gasteiger partial charge in [-0.3, -0.25) is 10.1 Å². The minimum Gasteiger partial charge on any atom is -0.490 e. The number of non-ortho nitro benzene ring substituents is 1. The van der Waals surface area contributed by atoms with Crippen molar-refractivity contribution in [3.8, 4) is 11.5 Å². The predicted molar refractivity (Wildman–Crippen MR) is 131 cm³/mol. The van der Waals surface area contributed by atoms with E-state index in [0.29, 0.717) is 29.7 Å². The van der Waals surface area contributed by atoms with Crippen LogP contribution >= 0.6 is 34.2 Å². The molecule has 3 aromatic carbocycles. The maximum Gasteiger partial charge on any atom is 0.269 e. The van der Waals surface area contributed by atoms with Crippen molar-refractivity contribution in [3.05, 3.63) is 90.0 Å². The van der Waals surface area contributed by atoms with Gasteiger partial charge in [0.2, 0.25) is 0 Å². The second-order valence-electron chi connectivity index (χ2n) is 6.86. The number of ether oxygens (including phenoxy) is 2. The Bertz CT molecular complexity index is 1070. The van der Waals surface area contributed by atoms with Gasteiger partial charge in [0.25, 0.3) is 5.69 Å². The molecule has 3 rings (SSSR count). The fourth-order valence-electron chi connectivity index (χ4n) is 2.98. The van der Waals surface area contributed by atoms with Crippen molar-refractivity contribution >= 4 is 45.6 Å². The summed E-state index contributed by atoms with van der Waals surface area (Å²) in [5.74, 6) is 1.32. The number of hydrogen-bond donors (Lipinski definition) is 1. The van der Waals surface area contributed by atoms with Crippen molar-refractivity contribution in [1.82, 2.24) is 0 Å². The Morgan fingerprint density at radius 3 is 2.48 bits per heavy atom. The topological polar surface area (TPSA) is 73.6 Å². The highest BCUT2D eigenvalue weighted by molar-refractivity contribution is 14.1. The number of benzene rings is 3. The van der Waals surface area contributed by atoms with Crippen LogP contribution < -0.4 is 14.8 Å².